The molecule has 1 heterocycles. The smallest absolute Gasteiger partial charge is 0.213 e. The maximum Gasteiger partial charge on any atom is 0.213 e. The number of rotatable bonds is 2. The summed E-state index contributed by atoms with van der Waals surface area (Å²) in [5, 5.41) is 0. The minimum atomic E-state index is -0.140. The zero-order valence-corrected chi connectivity index (χ0v) is 11.5. The second kappa shape index (κ2) is 4.84. The maximum absolute atomic E-state index is 12.3. The first kappa shape index (κ1) is 13.3. The zero-order valence-electron chi connectivity index (χ0n) is 11.5. The fourth-order valence-electron chi connectivity index (χ4n) is 1.87. The summed E-state index contributed by atoms with van der Waals surface area (Å²) in [6.07, 6.45) is 1.58. The van der Waals surface area contributed by atoms with E-state index in [2.05, 4.69) is 25.8 Å². The molecule has 0 spiro atoms. The molecule has 0 aliphatic rings. The summed E-state index contributed by atoms with van der Waals surface area (Å²) in [5.41, 5.74) is 8.37. The van der Waals surface area contributed by atoms with Gasteiger partial charge in [-0.05, 0) is 23.1 Å². The molecular weight excluding hydrogens is 236 g/mol. The highest BCUT2D eigenvalue weighted by Crippen LogP contribution is 2.23. The Hall–Kier alpha value is -2.16. The number of hydrogen-bond acceptors (Lipinski definition) is 3. The minimum absolute atomic E-state index is 0.0750. The summed E-state index contributed by atoms with van der Waals surface area (Å²) in [6, 6.07) is 11.0. The molecule has 0 fully saturated rings. The van der Waals surface area contributed by atoms with Crippen molar-refractivity contribution in [2.75, 3.05) is 5.73 Å². The maximum atomic E-state index is 12.3. The van der Waals surface area contributed by atoms with Gasteiger partial charge in [-0.1, -0.05) is 45.0 Å². The van der Waals surface area contributed by atoms with Crippen molar-refractivity contribution in [2.45, 2.75) is 26.2 Å². The van der Waals surface area contributed by atoms with Gasteiger partial charge < -0.3 is 5.73 Å². The monoisotopic (exact) mass is 254 g/mol. The van der Waals surface area contributed by atoms with Gasteiger partial charge in [0.25, 0.3) is 0 Å². The normalized spacial score (nSPS) is 11.3. The third-order valence-electron chi connectivity index (χ3n) is 3.07. The number of aromatic nitrogens is 1. The lowest BCUT2D eigenvalue weighted by Gasteiger charge is -2.19. The molecule has 0 unspecified atom stereocenters. The SMILES string of the molecule is CC(C)(C)c1ccc(C(=O)c2ncccc2N)cc1. The van der Waals surface area contributed by atoms with Crippen LogP contribution in [0.15, 0.2) is 42.6 Å². The van der Waals surface area contributed by atoms with Gasteiger partial charge in [-0.3, -0.25) is 9.78 Å². The number of nitrogens with zero attached hydrogens (tertiary/aromatic N) is 1. The Morgan fingerprint density at radius 1 is 1.11 bits per heavy atom. The number of nitrogen functional groups attached to an aromatic ring is 1. The number of ketones is 1. The molecule has 0 atom stereocenters. The van der Waals surface area contributed by atoms with E-state index in [-0.39, 0.29) is 11.2 Å². The Morgan fingerprint density at radius 2 is 1.74 bits per heavy atom. The number of benzene rings is 1. The molecule has 19 heavy (non-hydrogen) atoms. The number of anilines is 1. The standard InChI is InChI=1S/C16H18N2O/c1-16(2,3)12-8-6-11(7-9-12)15(19)14-13(17)5-4-10-18-14/h4-10H,17H2,1-3H3. The van der Waals surface area contributed by atoms with Gasteiger partial charge in [-0.2, -0.15) is 0 Å². The third kappa shape index (κ3) is 2.81. The first-order chi connectivity index (χ1) is 8.89. The molecule has 3 heteroatoms. The van der Waals surface area contributed by atoms with Crippen LogP contribution in [0.3, 0.4) is 0 Å². The van der Waals surface area contributed by atoms with Crippen molar-refractivity contribution in [3.05, 3.63) is 59.4 Å². The number of carbonyl (C=O) groups is 1. The molecular formula is C16H18N2O. The largest absolute Gasteiger partial charge is 0.397 e. The van der Waals surface area contributed by atoms with Crippen LogP contribution in [0.4, 0.5) is 5.69 Å². The zero-order chi connectivity index (χ0) is 14.0. The average Bonchev–Trinajstić information content (AvgIpc) is 2.38. The van der Waals surface area contributed by atoms with Crippen LogP contribution in [0.25, 0.3) is 0 Å². The van der Waals surface area contributed by atoms with Crippen molar-refractivity contribution in [1.29, 1.82) is 0 Å². The van der Waals surface area contributed by atoms with Gasteiger partial charge in [0, 0.05) is 11.8 Å². The van der Waals surface area contributed by atoms with Crippen molar-refractivity contribution >= 4 is 11.5 Å². The molecule has 3 nitrogen and oxygen atoms in total. The molecule has 0 aliphatic heterocycles. The second-order valence-corrected chi connectivity index (χ2v) is 5.60. The van der Waals surface area contributed by atoms with Crippen LogP contribution >= 0.6 is 0 Å². The molecule has 2 rings (SSSR count). The lowest BCUT2D eigenvalue weighted by molar-refractivity contribution is 0.103. The van der Waals surface area contributed by atoms with E-state index >= 15 is 0 Å². The van der Waals surface area contributed by atoms with Crippen LogP contribution < -0.4 is 5.73 Å². The van der Waals surface area contributed by atoms with Crippen molar-refractivity contribution in [2.24, 2.45) is 0 Å². The predicted molar refractivity (Wildman–Crippen MR) is 77.2 cm³/mol. The van der Waals surface area contributed by atoms with Crippen LogP contribution in [-0.2, 0) is 5.41 Å². The number of carbonyl (C=O) groups excluding carboxylic acids is 1. The van der Waals surface area contributed by atoms with Crippen molar-refractivity contribution in [1.82, 2.24) is 4.98 Å². The summed E-state index contributed by atoms with van der Waals surface area (Å²) in [5.74, 6) is -0.140. The molecule has 98 valence electrons. The lowest BCUT2D eigenvalue weighted by Crippen LogP contribution is -2.12. The topological polar surface area (TPSA) is 56.0 Å². The first-order valence-corrected chi connectivity index (χ1v) is 6.25. The number of pyridine rings is 1. The molecule has 0 bridgehead atoms. The Morgan fingerprint density at radius 3 is 2.26 bits per heavy atom. The highest BCUT2D eigenvalue weighted by atomic mass is 16.1. The highest BCUT2D eigenvalue weighted by molar-refractivity contribution is 6.10. The van der Waals surface area contributed by atoms with E-state index in [1.807, 2.05) is 24.3 Å². The van der Waals surface area contributed by atoms with Crippen LogP contribution in [-0.4, -0.2) is 10.8 Å². The summed E-state index contributed by atoms with van der Waals surface area (Å²) >= 11 is 0. The van der Waals surface area contributed by atoms with Crippen LogP contribution in [0, 0.1) is 0 Å². The second-order valence-electron chi connectivity index (χ2n) is 5.60. The molecule has 2 aromatic rings. The minimum Gasteiger partial charge on any atom is -0.397 e. The van der Waals surface area contributed by atoms with Gasteiger partial charge in [0.15, 0.2) is 0 Å². The Labute approximate surface area is 113 Å². The Kier molecular flexibility index (Phi) is 3.38. The molecule has 2 N–H and O–H groups in total. The Bertz CT molecular complexity index is 595. The quantitative estimate of drug-likeness (QED) is 0.837. The predicted octanol–water partition coefficient (Wildman–Crippen LogP) is 3.19. The van der Waals surface area contributed by atoms with Gasteiger partial charge in [-0.15, -0.1) is 0 Å². The van der Waals surface area contributed by atoms with Crippen LogP contribution in [0.2, 0.25) is 0 Å². The van der Waals surface area contributed by atoms with Crippen molar-refractivity contribution in [3.8, 4) is 0 Å². The molecule has 0 aliphatic carbocycles. The van der Waals surface area contributed by atoms with Gasteiger partial charge in [0.1, 0.15) is 5.69 Å². The van der Waals surface area contributed by atoms with E-state index in [9.17, 15) is 4.79 Å². The average molecular weight is 254 g/mol. The fraction of sp³-hybridized carbons (Fsp3) is 0.250. The summed E-state index contributed by atoms with van der Waals surface area (Å²) in [4.78, 5) is 16.3. The molecule has 0 radical (unpaired) electrons. The van der Waals surface area contributed by atoms with Gasteiger partial charge in [0.2, 0.25) is 5.78 Å². The summed E-state index contributed by atoms with van der Waals surface area (Å²) < 4.78 is 0. The van der Waals surface area contributed by atoms with Crippen LogP contribution in [0.5, 0.6) is 0 Å². The highest BCUT2D eigenvalue weighted by Gasteiger charge is 2.16. The lowest BCUT2D eigenvalue weighted by atomic mass is 9.86. The fourth-order valence-corrected chi connectivity index (χ4v) is 1.87. The molecule has 1 aromatic carbocycles. The van der Waals surface area contributed by atoms with Crippen molar-refractivity contribution in [3.63, 3.8) is 0 Å². The van der Waals surface area contributed by atoms with Gasteiger partial charge >= 0.3 is 0 Å². The summed E-state index contributed by atoms with van der Waals surface area (Å²) in [6.45, 7) is 6.42. The van der Waals surface area contributed by atoms with E-state index in [1.165, 1.54) is 5.56 Å². The van der Waals surface area contributed by atoms with Gasteiger partial charge in [0.05, 0.1) is 5.69 Å². The van der Waals surface area contributed by atoms with E-state index < -0.39 is 0 Å². The first-order valence-electron chi connectivity index (χ1n) is 6.25. The molecule has 0 saturated heterocycles. The van der Waals surface area contributed by atoms with Gasteiger partial charge in [-0.25, -0.2) is 0 Å². The third-order valence-corrected chi connectivity index (χ3v) is 3.07. The summed E-state index contributed by atoms with van der Waals surface area (Å²) in [7, 11) is 0. The molecule has 0 amide bonds. The van der Waals surface area contributed by atoms with Crippen molar-refractivity contribution < 1.29 is 4.79 Å². The number of nitrogens with two attached hydrogens (primary N) is 1. The van der Waals surface area contributed by atoms with Crippen LogP contribution in [0.1, 0.15) is 42.4 Å². The Balaban J connectivity index is 2.34. The van der Waals surface area contributed by atoms with E-state index in [4.69, 9.17) is 5.73 Å². The molecule has 0 saturated carbocycles. The molecule has 1 aromatic heterocycles. The van der Waals surface area contributed by atoms with E-state index in [0.29, 0.717) is 16.9 Å². The van der Waals surface area contributed by atoms with E-state index in [0.717, 1.165) is 0 Å². The number of hydrogen-bond donors (Lipinski definition) is 1. The van der Waals surface area contributed by atoms with E-state index in [1.54, 1.807) is 18.3 Å².